The molecule has 4 heterocycles. The number of pyridine rings is 1. The van der Waals surface area contributed by atoms with E-state index in [4.69, 9.17) is 4.98 Å². The van der Waals surface area contributed by atoms with Crippen molar-refractivity contribution >= 4 is 28.6 Å². The molecule has 3 aromatic heterocycles. The molecule has 1 aromatic carbocycles. The zero-order valence-electron chi connectivity index (χ0n) is 11.0. The molecule has 1 aliphatic heterocycles. The summed E-state index contributed by atoms with van der Waals surface area (Å²) in [6, 6.07) is 12.2. The van der Waals surface area contributed by atoms with Gasteiger partial charge in [0.2, 0.25) is 5.78 Å². The van der Waals surface area contributed by atoms with Crippen LogP contribution in [0, 0.1) is 0 Å². The van der Waals surface area contributed by atoms with Crippen LogP contribution in [0.2, 0.25) is 0 Å². The molecule has 4 nitrogen and oxygen atoms in total. The molecule has 0 saturated carbocycles. The maximum absolute atomic E-state index is 4.79. The van der Waals surface area contributed by atoms with Gasteiger partial charge in [-0.05, 0) is 24.3 Å². The minimum Gasteiger partial charge on any atom is -0.283 e. The minimum atomic E-state index is 0.747. The largest absolute Gasteiger partial charge is 0.283 e. The van der Waals surface area contributed by atoms with E-state index in [2.05, 4.69) is 32.7 Å². The van der Waals surface area contributed by atoms with Crippen molar-refractivity contribution < 1.29 is 0 Å². The summed E-state index contributed by atoms with van der Waals surface area (Å²) in [7, 11) is 0. The van der Waals surface area contributed by atoms with Gasteiger partial charge in [-0.25, -0.2) is 15.0 Å². The highest BCUT2D eigenvalue weighted by Gasteiger charge is 2.20. The average Bonchev–Trinajstić information content (AvgIpc) is 2.90. The molecule has 0 spiro atoms. The van der Waals surface area contributed by atoms with Crippen molar-refractivity contribution in [2.45, 2.75) is 10.8 Å². The van der Waals surface area contributed by atoms with Gasteiger partial charge in [0, 0.05) is 29.3 Å². The van der Waals surface area contributed by atoms with Crippen LogP contribution in [0.15, 0.2) is 53.8 Å². The molecule has 0 atom stereocenters. The Morgan fingerprint density at radius 2 is 2.00 bits per heavy atom. The Balaban J connectivity index is 1.89. The Labute approximate surface area is 124 Å². The van der Waals surface area contributed by atoms with E-state index in [-0.39, 0.29) is 0 Å². The molecule has 100 valence electrons. The SMILES string of the molecule is c1cnc2c(c1)-c1nc3nc4ccccc4n3cc1CS2. The normalized spacial score (nSPS) is 13.3. The third kappa shape index (κ3) is 1.55. The summed E-state index contributed by atoms with van der Waals surface area (Å²) in [5.41, 5.74) is 5.44. The van der Waals surface area contributed by atoms with Crippen molar-refractivity contribution in [2.24, 2.45) is 0 Å². The van der Waals surface area contributed by atoms with Crippen molar-refractivity contribution in [2.75, 3.05) is 0 Å². The quantitative estimate of drug-likeness (QED) is 0.497. The third-order valence-electron chi connectivity index (χ3n) is 3.77. The van der Waals surface area contributed by atoms with Gasteiger partial charge >= 0.3 is 0 Å². The smallest absolute Gasteiger partial charge is 0.235 e. The highest BCUT2D eigenvalue weighted by molar-refractivity contribution is 7.98. The lowest BCUT2D eigenvalue weighted by Gasteiger charge is -2.17. The van der Waals surface area contributed by atoms with Crippen molar-refractivity contribution in [1.82, 2.24) is 19.4 Å². The van der Waals surface area contributed by atoms with Gasteiger partial charge in [-0.2, -0.15) is 0 Å². The Bertz CT molecular complexity index is 1010. The van der Waals surface area contributed by atoms with Crippen LogP contribution in [0.4, 0.5) is 0 Å². The fourth-order valence-corrected chi connectivity index (χ4v) is 3.76. The molecule has 5 heteroatoms. The van der Waals surface area contributed by atoms with E-state index in [0.29, 0.717) is 0 Å². The van der Waals surface area contributed by atoms with E-state index >= 15 is 0 Å². The van der Waals surface area contributed by atoms with E-state index in [9.17, 15) is 0 Å². The number of hydrogen-bond donors (Lipinski definition) is 0. The van der Waals surface area contributed by atoms with E-state index in [1.807, 2.05) is 30.5 Å². The van der Waals surface area contributed by atoms with E-state index in [1.165, 1.54) is 5.56 Å². The number of nitrogens with zero attached hydrogens (tertiary/aromatic N) is 4. The predicted octanol–water partition coefficient (Wildman–Crippen LogP) is 3.55. The number of aromatic nitrogens is 4. The zero-order chi connectivity index (χ0) is 13.8. The number of fused-ring (bicyclic) bond motifs is 6. The number of para-hydroxylation sites is 2. The summed E-state index contributed by atoms with van der Waals surface area (Å²) in [6.07, 6.45) is 4.00. The van der Waals surface area contributed by atoms with Gasteiger partial charge in [-0.15, -0.1) is 11.8 Å². The van der Waals surface area contributed by atoms with Crippen LogP contribution >= 0.6 is 11.8 Å². The highest BCUT2D eigenvalue weighted by atomic mass is 32.2. The second-order valence-electron chi connectivity index (χ2n) is 5.03. The van der Waals surface area contributed by atoms with Crippen LogP contribution in [0.3, 0.4) is 0 Å². The second-order valence-corrected chi connectivity index (χ2v) is 5.99. The Morgan fingerprint density at radius 3 is 3.00 bits per heavy atom. The van der Waals surface area contributed by atoms with Crippen LogP contribution in [0.5, 0.6) is 0 Å². The topological polar surface area (TPSA) is 43.1 Å². The lowest BCUT2D eigenvalue weighted by Crippen LogP contribution is -2.03. The molecule has 1 aliphatic rings. The molecule has 0 radical (unpaired) electrons. The predicted molar refractivity (Wildman–Crippen MR) is 83.3 cm³/mol. The first-order valence-electron chi connectivity index (χ1n) is 6.75. The summed E-state index contributed by atoms with van der Waals surface area (Å²) in [5, 5.41) is 1.05. The van der Waals surface area contributed by atoms with Crippen molar-refractivity contribution in [3.63, 3.8) is 0 Å². The van der Waals surface area contributed by atoms with Crippen LogP contribution < -0.4 is 0 Å². The van der Waals surface area contributed by atoms with Crippen molar-refractivity contribution in [1.29, 1.82) is 0 Å². The molecule has 21 heavy (non-hydrogen) atoms. The number of hydrogen-bond acceptors (Lipinski definition) is 4. The lowest BCUT2D eigenvalue weighted by atomic mass is 10.1. The van der Waals surface area contributed by atoms with Crippen LogP contribution in [-0.2, 0) is 5.75 Å². The maximum atomic E-state index is 4.79. The Kier molecular flexibility index (Phi) is 2.18. The van der Waals surface area contributed by atoms with Gasteiger partial charge in [-0.3, -0.25) is 4.40 Å². The third-order valence-corrected chi connectivity index (χ3v) is 4.82. The monoisotopic (exact) mass is 290 g/mol. The van der Waals surface area contributed by atoms with E-state index in [0.717, 1.165) is 38.8 Å². The molecule has 0 aliphatic carbocycles. The van der Waals surface area contributed by atoms with Gasteiger partial charge in [-0.1, -0.05) is 12.1 Å². The highest BCUT2D eigenvalue weighted by Crippen LogP contribution is 2.39. The average molecular weight is 290 g/mol. The van der Waals surface area contributed by atoms with E-state index in [1.54, 1.807) is 11.8 Å². The molecule has 0 bridgehead atoms. The molecule has 5 rings (SSSR count). The molecular weight excluding hydrogens is 280 g/mol. The molecular formula is C16H10N4S. The van der Waals surface area contributed by atoms with Gasteiger partial charge in [0.25, 0.3) is 0 Å². The second kappa shape index (κ2) is 4.05. The van der Waals surface area contributed by atoms with E-state index < -0.39 is 0 Å². The summed E-state index contributed by atoms with van der Waals surface area (Å²) in [5.74, 6) is 1.64. The fraction of sp³-hybridized carbons (Fsp3) is 0.0625. The van der Waals surface area contributed by atoms with Crippen LogP contribution in [0.25, 0.3) is 28.1 Å². The number of imidazole rings is 1. The maximum Gasteiger partial charge on any atom is 0.235 e. The Morgan fingerprint density at radius 1 is 1.05 bits per heavy atom. The Hall–Kier alpha value is -2.40. The van der Waals surface area contributed by atoms with Gasteiger partial charge in [0.15, 0.2) is 0 Å². The lowest BCUT2D eigenvalue weighted by molar-refractivity contribution is 1.05. The molecule has 0 unspecified atom stereocenters. The van der Waals surface area contributed by atoms with Gasteiger partial charge in [0.1, 0.15) is 5.03 Å². The number of benzene rings is 1. The minimum absolute atomic E-state index is 0.747. The first-order valence-corrected chi connectivity index (χ1v) is 7.73. The fourth-order valence-electron chi connectivity index (χ4n) is 2.80. The van der Waals surface area contributed by atoms with Gasteiger partial charge < -0.3 is 0 Å². The van der Waals surface area contributed by atoms with Crippen LogP contribution in [-0.4, -0.2) is 19.4 Å². The van der Waals surface area contributed by atoms with Gasteiger partial charge in [0.05, 0.1) is 16.7 Å². The molecule has 0 saturated heterocycles. The summed E-state index contributed by atoms with van der Waals surface area (Å²) >= 11 is 1.76. The molecule has 0 amide bonds. The number of thioether (sulfide) groups is 1. The van der Waals surface area contributed by atoms with Crippen LogP contribution in [0.1, 0.15) is 5.56 Å². The van der Waals surface area contributed by atoms with Crippen molar-refractivity contribution in [3.05, 3.63) is 54.4 Å². The summed E-state index contributed by atoms with van der Waals surface area (Å²) in [6.45, 7) is 0. The zero-order valence-corrected chi connectivity index (χ0v) is 11.8. The number of rotatable bonds is 0. The van der Waals surface area contributed by atoms with Crippen molar-refractivity contribution in [3.8, 4) is 11.3 Å². The summed E-state index contributed by atoms with van der Waals surface area (Å²) in [4.78, 5) is 13.9. The first kappa shape index (κ1) is 11.3. The molecule has 0 fully saturated rings. The molecule has 0 N–H and O–H groups in total. The standard InChI is InChI=1S/C16H10N4S/c1-2-6-13-12(5-1)18-16-19-14-10(8-20(13)16)9-21-15-11(14)4-3-7-17-15/h1-8H,9H2. The summed E-state index contributed by atoms with van der Waals surface area (Å²) < 4.78 is 2.08. The molecule has 4 aromatic rings. The first-order chi connectivity index (χ1) is 10.4.